The second kappa shape index (κ2) is 12.6. The van der Waals surface area contributed by atoms with Crippen LogP contribution in [0, 0.1) is 10.8 Å². The van der Waals surface area contributed by atoms with E-state index in [1.54, 1.807) is 20.8 Å². The van der Waals surface area contributed by atoms with Gasteiger partial charge < -0.3 is 14.7 Å². The fraction of sp³-hybridized carbons (Fsp3) is 0.654. The zero-order valence-electron chi connectivity index (χ0n) is 21.8. The van der Waals surface area contributed by atoms with Crippen molar-refractivity contribution in [3.05, 3.63) is 35.9 Å². The zero-order chi connectivity index (χ0) is 28.0. The van der Waals surface area contributed by atoms with Gasteiger partial charge in [-0.2, -0.15) is 13.1 Å². The summed E-state index contributed by atoms with van der Waals surface area (Å²) in [5.74, 6) is 2.52. The van der Waals surface area contributed by atoms with E-state index in [2.05, 4.69) is 9.37 Å². The van der Waals surface area contributed by atoms with E-state index >= 15 is 0 Å². The highest BCUT2D eigenvalue weighted by atomic mass is 32.2. The first-order valence-corrected chi connectivity index (χ1v) is 15.0. The number of rotatable bonds is 11. The molecule has 2 bridgehead atoms. The van der Waals surface area contributed by atoms with Crippen molar-refractivity contribution in [2.45, 2.75) is 70.2 Å². The second-order valence-corrected chi connectivity index (χ2v) is 13.7. The van der Waals surface area contributed by atoms with Crippen molar-refractivity contribution in [3.63, 3.8) is 0 Å². The van der Waals surface area contributed by atoms with Crippen LogP contribution in [-0.4, -0.2) is 52.4 Å². The lowest BCUT2D eigenvalue weighted by Crippen LogP contribution is -2.48. The topological polar surface area (TPSA) is 111 Å². The summed E-state index contributed by atoms with van der Waals surface area (Å²) in [6.45, 7) is 5.04. The van der Waals surface area contributed by atoms with E-state index in [4.69, 9.17) is 9.47 Å². The van der Waals surface area contributed by atoms with Gasteiger partial charge in [-0.05, 0) is 49.9 Å². The molecule has 4 rings (SSSR count). The Morgan fingerprint density at radius 3 is 2.34 bits per heavy atom. The molecule has 2 saturated heterocycles. The molecule has 2 heterocycles. The third kappa shape index (κ3) is 6.52. The molecule has 38 heavy (non-hydrogen) atoms. The van der Waals surface area contributed by atoms with Crippen molar-refractivity contribution >= 4 is 40.7 Å². The molecule has 0 spiro atoms. The number of hydrogen-bond acceptors (Lipinski definition) is 9. The number of carbonyl (C=O) groups excluding carboxylic acids is 3. The number of fused-ring (bicyclic) bond motifs is 2. The standard InChI is InChI=1S/C14H20F2O7S.C12H15OS/c1-11(2)12(3)6-7-13(11,21-9(12)17)10(18)20-8-4-5-14(15,16)24-23-22-19;13-12(10-14-8-4-5-9-14)11-6-2-1-3-7-11/h19H,4-8H2,1-3H3;1-3,6-7H,4-5,8-10H2/q;+1/p-1. The Labute approximate surface area is 228 Å². The maximum atomic E-state index is 13.2. The number of benzene rings is 1. The zero-order valence-corrected chi connectivity index (χ0v) is 23.4. The number of alkyl halides is 2. The monoisotopic (exact) mass is 576 g/mol. The predicted molar refractivity (Wildman–Crippen MR) is 137 cm³/mol. The van der Waals surface area contributed by atoms with E-state index in [0.29, 0.717) is 29.5 Å². The first-order chi connectivity index (χ1) is 17.9. The van der Waals surface area contributed by atoms with Gasteiger partial charge in [-0.3, -0.25) is 14.6 Å². The molecule has 12 heteroatoms. The van der Waals surface area contributed by atoms with Crippen molar-refractivity contribution in [1.82, 2.24) is 0 Å². The molecular formula is C26H34F2O8S2. The minimum atomic E-state index is -3.35. The van der Waals surface area contributed by atoms with Gasteiger partial charge in [0, 0.05) is 17.4 Å². The fourth-order valence-corrected chi connectivity index (χ4v) is 7.73. The number of esters is 2. The van der Waals surface area contributed by atoms with Gasteiger partial charge in [-0.1, -0.05) is 44.2 Å². The van der Waals surface area contributed by atoms with Crippen molar-refractivity contribution in [2.75, 3.05) is 23.9 Å². The van der Waals surface area contributed by atoms with Gasteiger partial charge in [0.2, 0.25) is 11.4 Å². The Kier molecular flexibility index (Phi) is 10.2. The molecule has 0 aromatic heterocycles. The summed E-state index contributed by atoms with van der Waals surface area (Å²) < 4.78 is 40.5. The number of ether oxygens (including phenoxy) is 2. The maximum absolute atomic E-state index is 13.2. The predicted octanol–water partition coefficient (Wildman–Crippen LogP) is 4.18. The Morgan fingerprint density at radius 1 is 1.13 bits per heavy atom. The first kappa shape index (κ1) is 30.8. The molecule has 2 unspecified atom stereocenters. The van der Waals surface area contributed by atoms with Gasteiger partial charge in [0.15, 0.2) is 5.75 Å². The first-order valence-electron chi connectivity index (χ1n) is 12.5. The average molecular weight is 577 g/mol. The summed E-state index contributed by atoms with van der Waals surface area (Å²) in [6.07, 6.45) is 2.67. The summed E-state index contributed by atoms with van der Waals surface area (Å²) in [5.41, 5.74) is -1.99. The molecule has 8 nitrogen and oxygen atoms in total. The number of hydrogen-bond donors (Lipinski definition) is 0. The third-order valence-corrected chi connectivity index (χ3v) is 11.0. The third-order valence-electron chi connectivity index (χ3n) is 7.99. The molecule has 1 aliphatic carbocycles. The summed E-state index contributed by atoms with van der Waals surface area (Å²) >= 11 is -0.405. The lowest BCUT2D eigenvalue weighted by molar-refractivity contribution is -0.777. The number of carbonyl (C=O) groups is 3. The number of Topliss-reactive ketones (excluding diaryl/α,β-unsaturated/α-hetero) is 1. The number of halogens is 2. The van der Waals surface area contributed by atoms with Gasteiger partial charge in [0.05, 0.1) is 12.0 Å². The average Bonchev–Trinajstić information content (AvgIpc) is 3.51. The fourth-order valence-electron chi connectivity index (χ4n) is 5.12. The van der Waals surface area contributed by atoms with Crippen LogP contribution in [0.1, 0.15) is 69.7 Å². The molecule has 0 radical (unpaired) electrons. The minimum absolute atomic E-state index is 0.157. The molecule has 0 N–H and O–H groups in total. The van der Waals surface area contributed by atoms with Crippen LogP contribution >= 0.6 is 12.0 Å². The Balaban J connectivity index is 0.000000241. The van der Waals surface area contributed by atoms with Crippen molar-refractivity contribution in [1.29, 1.82) is 0 Å². The lowest BCUT2D eigenvalue weighted by Gasteiger charge is -2.34. The lowest BCUT2D eigenvalue weighted by atomic mass is 9.66. The van der Waals surface area contributed by atoms with Crippen LogP contribution in [0.4, 0.5) is 8.78 Å². The summed E-state index contributed by atoms with van der Waals surface area (Å²) in [5, 5.41) is 9.06. The summed E-state index contributed by atoms with van der Waals surface area (Å²) in [7, 11) is 0.393. The highest BCUT2D eigenvalue weighted by Gasteiger charge is 2.76. The normalized spacial score (nSPS) is 26.0. The van der Waals surface area contributed by atoms with Gasteiger partial charge >= 0.3 is 17.2 Å². The smallest absolute Gasteiger partial charge is 0.351 e. The molecular weight excluding hydrogens is 542 g/mol. The van der Waals surface area contributed by atoms with Gasteiger partial charge in [0.1, 0.15) is 23.5 Å². The quantitative estimate of drug-likeness (QED) is 0.0729. The molecule has 1 aromatic carbocycles. The molecule has 2 aliphatic heterocycles. The minimum Gasteiger partial charge on any atom is -0.691 e. The maximum Gasteiger partial charge on any atom is 0.351 e. The molecule has 3 aliphatic rings. The van der Waals surface area contributed by atoms with Gasteiger partial charge in [-0.25, -0.2) is 4.79 Å². The summed E-state index contributed by atoms with van der Waals surface area (Å²) in [4.78, 5) is 36.3. The molecule has 1 aromatic rings. The van der Waals surface area contributed by atoms with Gasteiger partial charge in [-0.15, -0.1) is 0 Å². The number of ketones is 1. The van der Waals surface area contributed by atoms with E-state index < -0.39 is 52.1 Å². The van der Waals surface area contributed by atoms with E-state index in [1.165, 1.54) is 24.3 Å². The van der Waals surface area contributed by atoms with E-state index in [9.17, 15) is 28.4 Å². The van der Waals surface area contributed by atoms with Crippen LogP contribution < -0.4 is 5.26 Å². The molecule has 212 valence electrons. The van der Waals surface area contributed by atoms with Crippen LogP contribution in [-0.2, 0) is 39.3 Å². The van der Waals surface area contributed by atoms with Crippen molar-refractivity contribution < 1.29 is 47.3 Å². The molecule has 3 fully saturated rings. The Hall–Kier alpha value is -1.73. The van der Waals surface area contributed by atoms with Crippen molar-refractivity contribution in [2.24, 2.45) is 10.8 Å². The Bertz CT molecular complexity index is 987. The van der Waals surface area contributed by atoms with Crippen molar-refractivity contribution in [3.8, 4) is 0 Å². The Morgan fingerprint density at radius 2 is 1.79 bits per heavy atom. The van der Waals surface area contributed by atoms with Gasteiger partial charge in [0.25, 0.3) is 0 Å². The SMILES string of the molecule is CC12CCC(C(=O)OCCCC(F)(F)SOO[O-])(OC1=O)C2(C)C.O=C(C[S+]1CCCC1)c1ccccc1. The molecule has 1 saturated carbocycles. The summed E-state index contributed by atoms with van der Waals surface area (Å²) in [6, 6.07) is 9.66. The van der Waals surface area contributed by atoms with Crippen LogP contribution in [0.3, 0.4) is 0 Å². The highest BCUT2D eigenvalue weighted by Crippen LogP contribution is 2.65. The molecule has 2 atom stereocenters. The van der Waals surface area contributed by atoms with E-state index in [-0.39, 0.29) is 13.0 Å². The van der Waals surface area contributed by atoms with Crippen LogP contribution in [0.15, 0.2) is 30.3 Å². The molecule has 0 amide bonds. The van der Waals surface area contributed by atoms with E-state index in [1.807, 2.05) is 30.3 Å². The van der Waals surface area contributed by atoms with Crippen LogP contribution in [0.2, 0.25) is 0 Å². The van der Waals surface area contributed by atoms with Crippen LogP contribution in [0.25, 0.3) is 0 Å². The van der Waals surface area contributed by atoms with Crippen LogP contribution in [0.5, 0.6) is 0 Å². The second-order valence-electron chi connectivity index (χ2n) is 10.4. The largest absolute Gasteiger partial charge is 0.691 e. The van der Waals surface area contributed by atoms with E-state index in [0.717, 1.165) is 11.3 Å². The highest BCUT2D eigenvalue weighted by molar-refractivity contribution is 7.97.